The van der Waals surface area contributed by atoms with E-state index in [1.165, 1.54) is 0 Å². The monoisotopic (exact) mass is 290 g/mol. The van der Waals surface area contributed by atoms with Crippen molar-refractivity contribution in [1.82, 2.24) is 9.78 Å². The molecule has 1 saturated carbocycles. The van der Waals surface area contributed by atoms with Crippen molar-refractivity contribution >= 4 is 11.6 Å². The molecule has 0 amide bonds. The van der Waals surface area contributed by atoms with Gasteiger partial charge in [-0.3, -0.25) is 4.68 Å². The molecule has 1 heterocycles. The first-order chi connectivity index (χ1) is 8.80. The highest BCUT2D eigenvalue weighted by molar-refractivity contribution is 6.20. The van der Waals surface area contributed by atoms with E-state index in [0.29, 0.717) is 13.0 Å². The van der Waals surface area contributed by atoms with Gasteiger partial charge in [0.2, 0.25) is 5.92 Å². The molecule has 0 radical (unpaired) electrons. The van der Waals surface area contributed by atoms with Gasteiger partial charge < -0.3 is 0 Å². The molecule has 108 valence electrons. The molecule has 0 aromatic carbocycles. The Bertz CT molecular complexity index is 455. The van der Waals surface area contributed by atoms with E-state index >= 15 is 0 Å². The van der Waals surface area contributed by atoms with Crippen molar-refractivity contribution < 1.29 is 8.78 Å². The highest BCUT2D eigenvalue weighted by Gasteiger charge is 2.36. The molecular formula is C14H21ClF2N2. The zero-order chi connectivity index (χ0) is 14.2. The lowest BCUT2D eigenvalue weighted by Crippen LogP contribution is -2.29. The fraction of sp³-hybridized carbons (Fsp3) is 0.786. The molecule has 2 unspecified atom stereocenters. The molecule has 0 bridgehead atoms. The van der Waals surface area contributed by atoms with Gasteiger partial charge in [0.25, 0.3) is 0 Å². The molecule has 5 heteroatoms. The Labute approximate surface area is 118 Å². The maximum absolute atomic E-state index is 13.4. The van der Waals surface area contributed by atoms with Gasteiger partial charge in [-0.25, -0.2) is 8.78 Å². The second-order valence-corrected chi connectivity index (χ2v) is 6.36. The zero-order valence-corrected chi connectivity index (χ0v) is 12.5. The van der Waals surface area contributed by atoms with E-state index in [9.17, 15) is 8.78 Å². The molecule has 1 fully saturated rings. The summed E-state index contributed by atoms with van der Waals surface area (Å²) >= 11 is 6.14. The van der Waals surface area contributed by atoms with Crippen molar-refractivity contribution in [1.29, 1.82) is 0 Å². The van der Waals surface area contributed by atoms with Crippen molar-refractivity contribution in [2.75, 3.05) is 0 Å². The van der Waals surface area contributed by atoms with E-state index in [2.05, 4.69) is 5.10 Å². The van der Waals surface area contributed by atoms with Gasteiger partial charge in [-0.05, 0) is 39.5 Å². The summed E-state index contributed by atoms with van der Waals surface area (Å²) in [6, 6.07) is 0. The van der Waals surface area contributed by atoms with Crippen LogP contribution in [0.2, 0.25) is 0 Å². The first-order valence-electron chi connectivity index (χ1n) is 6.86. The molecule has 0 aliphatic heterocycles. The summed E-state index contributed by atoms with van der Waals surface area (Å²) in [6.45, 7) is 6.38. The quantitative estimate of drug-likeness (QED) is 0.742. The van der Waals surface area contributed by atoms with E-state index in [4.69, 9.17) is 11.6 Å². The minimum atomic E-state index is -2.50. The van der Waals surface area contributed by atoms with E-state index in [1.807, 2.05) is 25.5 Å². The second-order valence-electron chi connectivity index (χ2n) is 5.70. The van der Waals surface area contributed by atoms with Crippen LogP contribution in [0.3, 0.4) is 0 Å². The summed E-state index contributed by atoms with van der Waals surface area (Å²) in [5, 5.41) is 4.36. The third-order valence-corrected chi connectivity index (χ3v) is 4.23. The average Bonchev–Trinajstić information content (AvgIpc) is 2.52. The van der Waals surface area contributed by atoms with Crippen LogP contribution in [-0.2, 0) is 6.54 Å². The smallest absolute Gasteiger partial charge is 0.248 e. The SMILES string of the molecule is Cc1nn(CC2CCCC(F)(F)C2)c(C)c1C(C)Cl. The molecule has 2 rings (SSSR count). The van der Waals surface area contributed by atoms with E-state index in [1.54, 1.807) is 0 Å². The topological polar surface area (TPSA) is 17.8 Å². The highest BCUT2D eigenvalue weighted by Crippen LogP contribution is 2.37. The van der Waals surface area contributed by atoms with Crippen LogP contribution in [0, 0.1) is 19.8 Å². The van der Waals surface area contributed by atoms with E-state index in [0.717, 1.165) is 23.4 Å². The summed E-state index contributed by atoms with van der Waals surface area (Å²) in [7, 11) is 0. The van der Waals surface area contributed by atoms with Crippen LogP contribution in [0.15, 0.2) is 0 Å². The summed E-state index contributed by atoms with van der Waals surface area (Å²) < 4.78 is 28.7. The number of hydrogen-bond acceptors (Lipinski definition) is 1. The molecule has 1 aliphatic rings. The molecule has 1 aromatic rings. The van der Waals surface area contributed by atoms with Gasteiger partial charge in [0.05, 0.1) is 11.1 Å². The first kappa shape index (κ1) is 14.8. The summed E-state index contributed by atoms with van der Waals surface area (Å²) in [5.74, 6) is -2.48. The standard InChI is InChI=1S/C14H21ClF2N2/c1-9(15)13-10(2)18-19(11(13)3)8-12-5-4-6-14(16,17)7-12/h9,12H,4-8H2,1-3H3. The fourth-order valence-corrected chi connectivity index (χ4v) is 3.46. The highest BCUT2D eigenvalue weighted by atomic mass is 35.5. The normalized spacial score (nSPS) is 24.4. The first-order valence-corrected chi connectivity index (χ1v) is 7.29. The van der Waals surface area contributed by atoms with Gasteiger partial charge in [-0.2, -0.15) is 5.10 Å². The van der Waals surface area contributed by atoms with Crippen LogP contribution in [-0.4, -0.2) is 15.7 Å². The van der Waals surface area contributed by atoms with Crippen LogP contribution < -0.4 is 0 Å². The Morgan fingerprint density at radius 2 is 2.16 bits per heavy atom. The van der Waals surface area contributed by atoms with Crippen molar-refractivity contribution in [2.45, 2.75) is 64.3 Å². The average molecular weight is 291 g/mol. The molecule has 2 nitrogen and oxygen atoms in total. The van der Waals surface area contributed by atoms with Gasteiger partial charge in [-0.1, -0.05) is 0 Å². The number of halogens is 3. The van der Waals surface area contributed by atoms with Gasteiger partial charge in [0.1, 0.15) is 0 Å². The lowest BCUT2D eigenvalue weighted by molar-refractivity contribution is -0.0552. The summed E-state index contributed by atoms with van der Waals surface area (Å²) in [5.41, 5.74) is 2.95. The van der Waals surface area contributed by atoms with Gasteiger partial charge in [-0.15, -0.1) is 11.6 Å². The predicted octanol–water partition coefficient (Wildman–Crippen LogP) is 4.63. The largest absolute Gasteiger partial charge is 0.269 e. The number of aromatic nitrogens is 2. The molecular weight excluding hydrogens is 270 g/mol. The van der Waals surface area contributed by atoms with Crippen LogP contribution in [0.1, 0.15) is 54.9 Å². The minimum Gasteiger partial charge on any atom is -0.269 e. The Morgan fingerprint density at radius 1 is 1.47 bits per heavy atom. The van der Waals surface area contributed by atoms with Crippen LogP contribution >= 0.6 is 11.6 Å². The third kappa shape index (κ3) is 3.28. The van der Waals surface area contributed by atoms with Crippen molar-refractivity contribution in [3.05, 3.63) is 17.0 Å². The molecule has 1 aromatic heterocycles. The minimum absolute atomic E-state index is 0.0141. The molecule has 1 aliphatic carbocycles. The van der Waals surface area contributed by atoms with Gasteiger partial charge in [0, 0.05) is 30.6 Å². The number of alkyl halides is 3. The molecule has 0 spiro atoms. The lowest BCUT2D eigenvalue weighted by atomic mass is 9.86. The number of aryl methyl sites for hydroxylation is 1. The van der Waals surface area contributed by atoms with Crippen LogP contribution in [0.4, 0.5) is 8.78 Å². The maximum Gasteiger partial charge on any atom is 0.248 e. The van der Waals surface area contributed by atoms with Crippen LogP contribution in [0.5, 0.6) is 0 Å². The summed E-state index contributed by atoms with van der Waals surface area (Å²) in [6.07, 6.45) is 1.48. The van der Waals surface area contributed by atoms with Gasteiger partial charge in [0.15, 0.2) is 0 Å². The third-order valence-electron chi connectivity index (χ3n) is 4.01. The van der Waals surface area contributed by atoms with Crippen molar-refractivity contribution in [3.8, 4) is 0 Å². The number of nitrogens with zero attached hydrogens (tertiary/aromatic N) is 2. The van der Waals surface area contributed by atoms with E-state index < -0.39 is 5.92 Å². The fourth-order valence-electron chi connectivity index (χ4n) is 3.14. The molecule has 19 heavy (non-hydrogen) atoms. The Morgan fingerprint density at radius 3 is 2.68 bits per heavy atom. The summed E-state index contributed by atoms with van der Waals surface area (Å²) in [4.78, 5) is 0. The second kappa shape index (κ2) is 5.39. The zero-order valence-electron chi connectivity index (χ0n) is 11.7. The number of rotatable bonds is 3. The molecule has 0 N–H and O–H groups in total. The van der Waals surface area contributed by atoms with Crippen molar-refractivity contribution in [2.24, 2.45) is 5.92 Å². The van der Waals surface area contributed by atoms with Crippen LogP contribution in [0.25, 0.3) is 0 Å². The Hall–Kier alpha value is -0.640. The lowest BCUT2D eigenvalue weighted by Gasteiger charge is -2.29. The molecule has 0 saturated heterocycles. The van der Waals surface area contributed by atoms with Gasteiger partial charge >= 0.3 is 0 Å². The Balaban J connectivity index is 2.13. The van der Waals surface area contributed by atoms with E-state index in [-0.39, 0.29) is 24.1 Å². The molecule has 2 atom stereocenters. The number of hydrogen-bond donors (Lipinski definition) is 0. The predicted molar refractivity (Wildman–Crippen MR) is 72.9 cm³/mol. The Kier molecular flexibility index (Phi) is 4.19. The van der Waals surface area contributed by atoms with Crippen molar-refractivity contribution in [3.63, 3.8) is 0 Å². The maximum atomic E-state index is 13.4.